The molecule has 1 N–H and O–H groups in total. The average molecular weight is 357 g/mol. The summed E-state index contributed by atoms with van der Waals surface area (Å²) in [5.41, 5.74) is 0. The summed E-state index contributed by atoms with van der Waals surface area (Å²) in [5, 5.41) is 9.10. The number of carboxylic acid groups (broad SMARTS) is 1. The van der Waals surface area contributed by atoms with Crippen molar-refractivity contribution in [2.75, 3.05) is 32.9 Å². The van der Waals surface area contributed by atoms with Crippen LogP contribution in [0.5, 0.6) is 5.75 Å². The van der Waals surface area contributed by atoms with Crippen LogP contribution in [0, 0.1) is 5.92 Å². The summed E-state index contributed by atoms with van der Waals surface area (Å²) in [4.78, 5) is 11.3. The lowest BCUT2D eigenvalue weighted by atomic mass is 10.0. The van der Waals surface area contributed by atoms with Gasteiger partial charge in [-0.15, -0.1) is 0 Å². The summed E-state index contributed by atoms with van der Waals surface area (Å²) in [6.07, 6.45) is 1.06. The van der Waals surface area contributed by atoms with E-state index in [1.165, 1.54) is 16.4 Å². The van der Waals surface area contributed by atoms with E-state index in [0.29, 0.717) is 45.0 Å². The Kier molecular flexibility index (Phi) is 6.59. The summed E-state index contributed by atoms with van der Waals surface area (Å²) in [7, 11) is -3.68. The zero-order chi connectivity index (χ0) is 17.6. The predicted molar refractivity (Wildman–Crippen MR) is 87.5 cm³/mol. The number of hydrogen-bond donors (Lipinski definition) is 1. The molecule has 1 heterocycles. The van der Waals surface area contributed by atoms with Gasteiger partial charge in [0, 0.05) is 19.7 Å². The molecule has 1 aliphatic rings. The van der Waals surface area contributed by atoms with Crippen LogP contribution in [-0.4, -0.2) is 56.7 Å². The van der Waals surface area contributed by atoms with Gasteiger partial charge in [0.2, 0.25) is 10.0 Å². The van der Waals surface area contributed by atoms with Crippen molar-refractivity contribution in [1.29, 1.82) is 0 Å². The monoisotopic (exact) mass is 357 g/mol. The Hall–Kier alpha value is -1.64. The van der Waals surface area contributed by atoms with Crippen molar-refractivity contribution >= 4 is 16.0 Å². The molecule has 1 saturated heterocycles. The molecular weight excluding hydrogens is 334 g/mol. The summed E-state index contributed by atoms with van der Waals surface area (Å²) in [5.74, 6) is -1.03. The number of sulfonamides is 1. The molecule has 2 rings (SSSR count). The number of rotatable bonds is 8. The van der Waals surface area contributed by atoms with E-state index in [4.69, 9.17) is 14.6 Å². The molecule has 0 radical (unpaired) electrons. The number of hydrogen-bond acceptors (Lipinski definition) is 5. The van der Waals surface area contributed by atoms with Crippen LogP contribution < -0.4 is 4.74 Å². The fraction of sp³-hybridized carbons (Fsp3) is 0.562. The third kappa shape index (κ3) is 4.68. The van der Waals surface area contributed by atoms with Crippen LogP contribution in [0.25, 0.3) is 0 Å². The first-order valence-corrected chi connectivity index (χ1v) is 9.42. The molecule has 1 aromatic carbocycles. The molecule has 0 aromatic heterocycles. The fourth-order valence-electron chi connectivity index (χ4n) is 2.58. The number of ether oxygens (including phenoxy) is 2. The Morgan fingerprint density at radius 3 is 2.62 bits per heavy atom. The Balaban J connectivity index is 2.02. The third-order valence-corrected chi connectivity index (χ3v) is 5.77. The highest BCUT2D eigenvalue weighted by atomic mass is 32.2. The fourth-order valence-corrected chi connectivity index (χ4v) is 4.11. The second-order valence-electron chi connectivity index (χ2n) is 5.56. The standard InChI is InChI=1S/C16H23NO6S/c1-2-22-10-11-23-14-5-7-15(8-6-14)24(20,21)17-9-3-4-13(12-17)16(18)19/h5-8,13H,2-4,9-12H2,1H3,(H,18,19). The molecule has 0 bridgehead atoms. The average Bonchev–Trinajstić information content (AvgIpc) is 2.59. The Bertz CT molecular complexity index is 643. The Morgan fingerprint density at radius 1 is 1.29 bits per heavy atom. The molecule has 24 heavy (non-hydrogen) atoms. The summed E-state index contributed by atoms with van der Waals surface area (Å²) >= 11 is 0. The highest BCUT2D eigenvalue weighted by molar-refractivity contribution is 7.89. The molecular formula is C16H23NO6S. The molecule has 1 aliphatic heterocycles. The van der Waals surface area contributed by atoms with Crippen molar-refractivity contribution in [3.05, 3.63) is 24.3 Å². The van der Waals surface area contributed by atoms with Crippen molar-refractivity contribution < 1.29 is 27.8 Å². The van der Waals surface area contributed by atoms with Crippen LogP contribution in [0.3, 0.4) is 0 Å². The summed E-state index contributed by atoms with van der Waals surface area (Å²) in [6.45, 7) is 3.75. The van der Waals surface area contributed by atoms with Gasteiger partial charge in [0.1, 0.15) is 12.4 Å². The minimum atomic E-state index is -3.68. The minimum absolute atomic E-state index is 0.0181. The van der Waals surface area contributed by atoms with Gasteiger partial charge in [0.15, 0.2) is 0 Å². The molecule has 1 unspecified atom stereocenters. The van der Waals surface area contributed by atoms with E-state index < -0.39 is 21.9 Å². The molecule has 7 nitrogen and oxygen atoms in total. The van der Waals surface area contributed by atoms with Crippen LogP contribution in [0.4, 0.5) is 0 Å². The maximum absolute atomic E-state index is 12.6. The van der Waals surface area contributed by atoms with Gasteiger partial charge in [-0.3, -0.25) is 4.79 Å². The molecule has 1 aromatic rings. The van der Waals surface area contributed by atoms with E-state index in [2.05, 4.69) is 0 Å². The third-order valence-electron chi connectivity index (χ3n) is 3.90. The van der Waals surface area contributed by atoms with E-state index in [-0.39, 0.29) is 11.4 Å². The minimum Gasteiger partial charge on any atom is -0.491 e. The van der Waals surface area contributed by atoms with Crippen molar-refractivity contribution in [3.63, 3.8) is 0 Å². The van der Waals surface area contributed by atoms with Gasteiger partial charge >= 0.3 is 5.97 Å². The van der Waals surface area contributed by atoms with E-state index in [1.54, 1.807) is 12.1 Å². The smallest absolute Gasteiger partial charge is 0.307 e. The largest absolute Gasteiger partial charge is 0.491 e. The molecule has 0 saturated carbocycles. The summed E-state index contributed by atoms with van der Waals surface area (Å²) < 4.78 is 37.2. The van der Waals surface area contributed by atoms with E-state index >= 15 is 0 Å². The van der Waals surface area contributed by atoms with Gasteiger partial charge in [-0.25, -0.2) is 8.42 Å². The topological polar surface area (TPSA) is 93.1 Å². The van der Waals surface area contributed by atoms with Crippen molar-refractivity contribution in [1.82, 2.24) is 4.31 Å². The van der Waals surface area contributed by atoms with Crippen molar-refractivity contribution in [2.45, 2.75) is 24.7 Å². The van der Waals surface area contributed by atoms with Gasteiger partial charge in [0.05, 0.1) is 17.4 Å². The molecule has 1 atom stereocenters. The SMILES string of the molecule is CCOCCOc1ccc(S(=O)(=O)N2CCCC(C(=O)O)C2)cc1. The number of aliphatic carboxylic acids is 1. The predicted octanol–water partition coefficient (Wildman–Crippen LogP) is 1.59. The molecule has 0 amide bonds. The zero-order valence-corrected chi connectivity index (χ0v) is 14.5. The van der Waals surface area contributed by atoms with Gasteiger partial charge in [0.25, 0.3) is 0 Å². The quantitative estimate of drug-likeness (QED) is 0.710. The Labute approximate surface area is 142 Å². The Morgan fingerprint density at radius 2 is 2.00 bits per heavy atom. The lowest BCUT2D eigenvalue weighted by Crippen LogP contribution is -2.42. The van der Waals surface area contributed by atoms with Gasteiger partial charge in [-0.1, -0.05) is 0 Å². The first-order valence-electron chi connectivity index (χ1n) is 7.98. The molecule has 0 aliphatic carbocycles. The van der Waals surface area contributed by atoms with Gasteiger partial charge in [-0.05, 0) is 44.0 Å². The zero-order valence-electron chi connectivity index (χ0n) is 13.7. The lowest BCUT2D eigenvalue weighted by molar-refractivity contribution is -0.142. The van der Waals surface area contributed by atoms with E-state index in [1.807, 2.05) is 6.92 Å². The number of carboxylic acids is 1. The van der Waals surface area contributed by atoms with E-state index in [9.17, 15) is 13.2 Å². The van der Waals surface area contributed by atoms with Crippen LogP contribution in [-0.2, 0) is 19.6 Å². The number of nitrogens with zero attached hydrogens (tertiary/aromatic N) is 1. The van der Waals surface area contributed by atoms with Gasteiger partial charge < -0.3 is 14.6 Å². The summed E-state index contributed by atoms with van der Waals surface area (Å²) in [6, 6.07) is 6.15. The normalized spacial score (nSPS) is 19.1. The first kappa shape index (κ1) is 18.7. The second-order valence-corrected chi connectivity index (χ2v) is 7.50. The number of carbonyl (C=O) groups is 1. The molecule has 8 heteroatoms. The van der Waals surface area contributed by atoms with Crippen molar-refractivity contribution in [3.8, 4) is 5.75 Å². The maximum Gasteiger partial charge on any atom is 0.307 e. The maximum atomic E-state index is 12.6. The second kappa shape index (κ2) is 8.46. The number of benzene rings is 1. The van der Waals surface area contributed by atoms with Crippen LogP contribution >= 0.6 is 0 Å². The van der Waals surface area contributed by atoms with E-state index in [0.717, 1.165) is 0 Å². The number of piperidine rings is 1. The van der Waals surface area contributed by atoms with Crippen molar-refractivity contribution in [2.24, 2.45) is 5.92 Å². The van der Waals surface area contributed by atoms with Crippen LogP contribution in [0.2, 0.25) is 0 Å². The highest BCUT2D eigenvalue weighted by Crippen LogP contribution is 2.25. The first-order chi connectivity index (χ1) is 11.4. The van der Waals surface area contributed by atoms with Crippen LogP contribution in [0.1, 0.15) is 19.8 Å². The molecule has 0 spiro atoms. The lowest BCUT2D eigenvalue weighted by Gasteiger charge is -2.29. The molecule has 1 fully saturated rings. The molecule has 134 valence electrons. The van der Waals surface area contributed by atoms with Gasteiger partial charge in [-0.2, -0.15) is 4.31 Å². The van der Waals surface area contributed by atoms with Crippen LogP contribution in [0.15, 0.2) is 29.2 Å². The highest BCUT2D eigenvalue weighted by Gasteiger charge is 2.33.